The highest BCUT2D eigenvalue weighted by molar-refractivity contribution is 5.77. The van der Waals surface area contributed by atoms with Gasteiger partial charge in [0.2, 0.25) is 5.91 Å². The van der Waals surface area contributed by atoms with E-state index in [9.17, 15) is 9.90 Å². The van der Waals surface area contributed by atoms with E-state index in [1.54, 1.807) is 0 Å². The van der Waals surface area contributed by atoms with Gasteiger partial charge in [-0.15, -0.1) is 0 Å². The van der Waals surface area contributed by atoms with Gasteiger partial charge in [0.15, 0.2) is 0 Å². The fourth-order valence-corrected chi connectivity index (χ4v) is 3.54. The number of anilines is 1. The summed E-state index contributed by atoms with van der Waals surface area (Å²) in [5.74, 6) is -0.000637. The third-order valence-corrected chi connectivity index (χ3v) is 4.70. The lowest BCUT2D eigenvalue weighted by Gasteiger charge is -2.23. The molecule has 1 aliphatic carbocycles. The van der Waals surface area contributed by atoms with Crippen molar-refractivity contribution in [1.82, 2.24) is 5.32 Å². The molecule has 1 heterocycles. The smallest absolute Gasteiger partial charge is 0.223 e. The number of benzene rings is 1. The molecule has 1 saturated heterocycles. The lowest BCUT2D eigenvalue weighted by molar-refractivity contribution is -0.126. The van der Waals surface area contributed by atoms with Gasteiger partial charge in [-0.3, -0.25) is 4.79 Å². The maximum absolute atomic E-state index is 12.1. The Hall–Kier alpha value is -1.55. The van der Waals surface area contributed by atoms with Crippen LogP contribution in [-0.2, 0) is 4.79 Å². The van der Waals surface area contributed by atoms with Crippen LogP contribution in [0.25, 0.3) is 0 Å². The minimum atomic E-state index is -0.748. The van der Waals surface area contributed by atoms with Crippen molar-refractivity contribution >= 4 is 11.6 Å². The first-order valence-corrected chi connectivity index (χ1v) is 7.96. The van der Waals surface area contributed by atoms with Crippen molar-refractivity contribution in [3.8, 4) is 0 Å². The molecule has 0 bridgehead atoms. The van der Waals surface area contributed by atoms with Gasteiger partial charge in [-0.05, 0) is 31.4 Å². The number of nitrogens with one attached hydrogen (secondary N) is 1. The van der Waals surface area contributed by atoms with Gasteiger partial charge < -0.3 is 15.3 Å². The van der Waals surface area contributed by atoms with Crippen LogP contribution in [0.3, 0.4) is 0 Å². The van der Waals surface area contributed by atoms with Crippen LogP contribution in [-0.4, -0.2) is 35.7 Å². The van der Waals surface area contributed by atoms with Crippen molar-refractivity contribution in [2.45, 2.75) is 50.2 Å². The Kier molecular flexibility index (Phi) is 4.15. The van der Waals surface area contributed by atoms with Crippen molar-refractivity contribution in [3.05, 3.63) is 30.3 Å². The molecule has 1 unspecified atom stereocenters. The van der Waals surface area contributed by atoms with Crippen molar-refractivity contribution < 1.29 is 9.90 Å². The number of aliphatic hydroxyl groups is 1. The van der Waals surface area contributed by atoms with E-state index in [4.69, 9.17) is 0 Å². The SMILES string of the molecule is O=C(CC1(O)CCCC1)NC1CCN(c2ccccc2)C1. The standard InChI is InChI=1S/C17H24N2O2/c20-16(12-17(21)9-4-5-10-17)18-14-8-11-19(13-14)15-6-2-1-3-7-15/h1-3,6-7,14,21H,4-5,8-13H2,(H,18,20). The number of carbonyl (C=O) groups excluding carboxylic acids is 1. The maximum atomic E-state index is 12.1. The molecule has 2 fully saturated rings. The van der Waals surface area contributed by atoms with Crippen molar-refractivity contribution in [1.29, 1.82) is 0 Å². The molecule has 1 aromatic rings. The van der Waals surface area contributed by atoms with Gasteiger partial charge >= 0.3 is 0 Å². The second kappa shape index (κ2) is 6.06. The number of carbonyl (C=O) groups is 1. The molecule has 1 aromatic carbocycles. The molecular formula is C17H24N2O2. The lowest BCUT2D eigenvalue weighted by Crippen LogP contribution is -2.41. The Labute approximate surface area is 126 Å². The Morgan fingerprint density at radius 2 is 2.00 bits per heavy atom. The first-order chi connectivity index (χ1) is 10.1. The topological polar surface area (TPSA) is 52.6 Å². The first kappa shape index (κ1) is 14.4. The summed E-state index contributed by atoms with van der Waals surface area (Å²) in [6.45, 7) is 1.83. The van der Waals surface area contributed by atoms with E-state index in [-0.39, 0.29) is 18.4 Å². The minimum Gasteiger partial charge on any atom is -0.389 e. The van der Waals surface area contributed by atoms with Gasteiger partial charge in [0.05, 0.1) is 12.0 Å². The zero-order valence-electron chi connectivity index (χ0n) is 12.4. The van der Waals surface area contributed by atoms with Crippen LogP contribution in [0.2, 0.25) is 0 Å². The number of amides is 1. The highest BCUT2D eigenvalue weighted by Gasteiger charge is 2.34. The van der Waals surface area contributed by atoms with E-state index in [2.05, 4.69) is 22.3 Å². The Morgan fingerprint density at radius 3 is 2.71 bits per heavy atom. The maximum Gasteiger partial charge on any atom is 0.223 e. The van der Waals surface area contributed by atoms with Crippen LogP contribution < -0.4 is 10.2 Å². The minimum absolute atomic E-state index is 0.000637. The summed E-state index contributed by atoms with van der Waals surface area (Å²) < 4.78 is 0. The van der Waals surface area contributed by atoms with Crippen LogP contribution in [0.15, 0.2) is 30.3 Å². The summed E-state index contributed by atoms with van der Waals surface area (Å²) >= 11 is 0. The average molecular weight is 288 g/mol. The molecule has 21 heavy (non-hydrogen) atoms. The van der Waals surface area contributed by atoms with E-state index in [0.717, 1.165) is 45.2 Å². The van der Waals surface area contributed by atoms with E-state index in [1.165, 1.54) is 5.69 Å². The van der Waals surface area contributed by atoms with E-state index >= 15 is 0 Å². The fourth-order valence-electron chi connectivity index (χ4n) is 3.54. The van der Waals surface area contributed by atoms with Gasteiger partial charge in [0.25, 0.3) is 0 Å². The Morgan fingerprint density at radius 1 is 1.29 bits per heavy atom. The molecule has 0 radical (unpaired) electrons. The van der Waals surface area contributed by atoms with Crippen LogP contribution in [0.5, 0.6) is 0 Å². The molecule has 2 aliphatic rings. The van der Waals surface area contributed by atoms with Gasteiger partial charge in [0.1, 0.15) is 0 Å². The summed E-state index contributed by atoms with van der Waals surface area (Å²) in [6, 6.07) is 10.5. The Balaban J connectivity index is 1.49. The molecule has 1 atom stereocenters. The zero-order valence-corrected chi connectivity index (χ0v) is 12.4. The lowest BCUT2D eigenvalue weighted by atomic mass is 9.97. The second-order valence-corrected chi connectivity index (χ2v) is 6.44. The second-order valence-electron chi connectivity index (χ2n) is 6.44. The van der Waals surface area contributed by atoms with Crippen molar-refractivity contribution in [2.75, 3.05) is 18.0 Å². The molecule has 0 spiro atoms. The zero-order chi connectivity index (χ0) is 14.7. The summed E-state index contributed by atoms with van der Waals surface area (Å²) in [5, 5.41) is 13.4. The van der Waals surface area contributed by atoms with Gasteiger partial charge in [-0.1, -0.05) is 31.0 Å². The van der Waals surface area contributed by atoms with Crippen LogP contribution in [0.4, 0.5) is 5.69 Å². The first-order valence-electron chi connectivity index (χ1n) is 7.96. The fraction of sp³-hybridized carbons (Fsp3) is 0.588. The van der Waals surface area contributed by atoms with Gasteiger partial charge in [-0.2, -0.15) is 0 Å². The summed E-state index contributed by atoms with van der Waals surface area (Å²) in [7, 11) is 0. The third kappa shape index (κ3) is 3.56. The van der Waals surface area contributed by atoms with E-state index in [0.29, 0.717) is 0 Å². The van der Waals surface area contributed by atoms with Gasteiger partial charge in [0, 0.05) is 24.8 Å². The highest BCUT2D eigenvalue weighted by atomic mass is 16.3. The predicted octanol–water partition coefficient (Wildman–Crippen LogP) is 2.08. The predicted molar refractivity (Wildman–Crippen MR) is 83.2 cm³/mol. The number of hydrogen-bond donors (Lipinski definition) is 2. The highest BCUT2D eigenvalue weighted by Crippen LogP contribution is 2.32. The number of rotatable bonds is 4. The normalized spacial score (nSPS) is 24.2. The molecule has 1 aliphatic heterocycles. The Bertz CT molecular complexity index is 483. The number of hydrogen-bond acceptors (Lipinski definition) is 3. The summed E-state index contributed by atoms with van der Waals surface area (Å²) in [4.78, 5) is 14.4. The monoisotopic (exact) mass is 288 g/mol. The van der Waals surface area contributed by atoms with Crippen LogP contribution in [0.1, 0.15) is 38.5 Å². The summed E-state index contributed by atoms with van der Waals surface area (Å²) in [5.41, 5.74) is 0.464. The van der Waals surface area contributed by atoms with Crippen molar-refractivity contribution in [3.63, 3.8) is 0 Å². The molecule has 114 valence electrons. The molecular weight excluding hydrogens is 264 g/mol. The molecule has 3 rings (SSSR count). The van der Waals surface area contributed by atoms with Crippen molar-refractivity contribution in [2.24, 2.45) is 0 Å². The number of para-hydroxylation sites is 1. The average Bonchev–Trinajstić information content (AvgIpc) is 3.09. The quantitative estimate of drug-likeness (QED) is 0.892. The molecule has 1 saturated carbocycles. The number of nitrogens with zero attached hydrogens (tertiary/aromatic N) is 1. The molecule has 4 nitrogen and oxygen atoms in total. The van der Waals surface area contributed by atoms with E-state index < -0.39 is 5.60 Å². The summed E-state index contributed by atoms with van der Waals surface area (Å²) in [6.07, 6.45) is 4.83. The van der Waals surface area contributed by atoms with Gasteiger partial charge in [-0.25, -0.2) is 0 Å². The van der Waals surface area contributed by atoms with Crippen LogP contribution in [0, 0.1) is 0 Å². The molecule has 0 aromatic heterocycles. The largest absolute Gasteiger partial charge is 0.389 e. The molecule has 2 N–H and O–H groups in total. The van der Waals surface area contributed by atoms with Crippen LogP contribution >= 0.6 is 0 Å². The van der Waals surface area contributed by atoms with E-state index in [1.807, 2.05) is 18.2 Å². The molecule has 1 amide bonds. The molecule has 4 heteroatoms. The third-order valence-electron chi connectivity index (χ3n) is 4.70.